The number of hydrogen-bond donors (Lipinski definition) is 3. The molecule has 3 rings (SSSR count). The number of methoxy groups -OCH3 is 2. The molecule has 9 nitrogen and oxygen atoms in total. The molecule has 1 aromatic carbocycles. The molecule has 1 amide bonds. The molecule has 0 aliphatic carbocycles. The molecule has 0 bridgehead atoms. The van der Waals surface area contributed by atoms with Gasteiger partial charge in [-0.05, 0) is 38.8 Å². The van der Waals surface area contributed by atoms with Gasteiger partial charge in [-0.2, -0.15) is 0 Å². The van der Waals surface area contributed by atoms with Crippen LogP contribution in [-0.2, 0) is 27.2 Å². The Bertz CT molecular complexity index is 1170. The van der Waals surface area contributed by atoms with E-state index in [-0.39, 0.29) is 24.1 Å². The van der Waals surface area contributed by atoms with Crippen molar-refractivity contribution in [3.8, 4) is 0 Å². The van der Waals surface area contributed by atoms with Crippen molar-refractivity contribution in [3.05, 3.63) is 53.9 Å². The number of carbonyl (C=O) groups is 2. The predicted molar refractivity (Wildman–Crippen MR) is 136 cm³/mol. The lowest BCUT2D eigenvalue weighted by Crippen LogP contribution is -2.29. The maximum Gasteiger partial charge on any atom is 0.356 e. The molecule has 2 heterocycles. The summed E-state index contributed by atoms with van der Waals surface area (Å²) in [6.45, 7) is 6.17. The zero-order valence-corrected chi connectivity index (χ0v) is 20.9. The molecule has 35 heavy (non-hydrogen) atoms. The van der Waals surface area contributed by atoms with Crippen LogP contribution >= 0.6 is 0 Å². The van der Waals surface area contributed by atoms with Crippen LogP contribution in [0.15, 0.2) is 42.6 Å². The molecule has 0 aliphatic heterocycles. The molecule has 0 fully saturated rings. The van der Waals surface area contributed by atoms with Crippen LogP contribution in [0.3, 0.4) is 0 Å². The van der Waals surface area contributed by atoms with Crippen molar-refractivity contribution in [2.24, 2.45) is 0 Å². The number of aromatic nitrogens is 2. The highest BCUT2D eigenvalue weighted by molar-refractivity contribution is 6.11. The van der Waals surface area contributed by atoms with Gasteiger partial charge in [-0.1, -0.05) is 30.3 Å². The maximum absolute atomic E-state index is 13.0. The summed E-state index contributed by atoms with van der Waals surface area (Å²) >= 11 is 0. The van der Waals surface area contributed by atoms with Crippen LogP contribution in [0.25, 0.3) is 11.0 Å². The second-order valence-corrected chi connectivity index (χ2v) is 9.23. The van der Waals surface area contributed by atoms with E-state index in [1.54, 1.807) is 31.7 Å². The van der Waals surface area contributed by atoms with E-state index in [9.17, 15) is 14.7 Å². The van der Waals surface area contributed by atoms with Gasteiger partial charge in [0, 0.05) is 25.1 Å². The molecule has 2 aromatic heterocycles. The summed E-state index contributed by atoms with van der Waals surface area (Å²) in [6.07, 6.45) is 2.34. The van der Waals surface area contributed by atoms with E-state index in [4.69, 9.17) is 9.47 Å². The van der Waals surface area contributed by atoms with Crippen molar-refractivity contribution in [1.29, 1.82) is 0 Å². The number of esters is 1. The Kier molecular flexibility index (Phi) is 8.48. The lowest BCUT2D eigenvalue weighted by Gasteiger charge is -2.23. The molecule has 0 spiro atoms. The van der Waals surface area contributed by atoms with Crippen molar-refractivity contribution in [2.45, 2.75) is 51.8 Å². The number of hydrogen-bond acceptors (Lipinski definition) is 7. The second-order valence-electron chi connectivity index (χ2n) is 9.23. The van der Waals surface area contributed by atoms with Crippen molar-refractivity contribution >= 4 is 34.3 Å². The summed E-state index contributed by atoms with van der Waals surface area (Å²) in [4.78, 5) is 30.4. The molecule has 0 aliphatic rings. The fourth-order valence-electron chi connectivity index (χ4n) is 4.19. The van der Waals surface area contributed by atoms with E-state index in [1.807, 2.05) is 43.3 Å². The highest BCUT2D eigenvalue weighted by atomic mass is 16.5. The van der Waals surface area contributed by atoms with Gasteiger partial charge in [0.15, 0.2) is 5.69 Å². The third kappa shape index (κ3) is 6.80. The van der Waals surface area contributed by atoms with Gasteiger partial charge in [-0.25, -0.2) is 9.78 Å². The number of benzene rings is 1. The van der Waals surface area contributed by atoms with Crippen LogP contribution < -0.4 is 10.6 Å². The summed E-state index contributed by atoms with van der Waals surface area (Å²) in [5.41, 5.74) is 1.80. The Labute approximate surface area is 205 Å². The summed E-state index contributed by atoms with van der Waals surface area (Å²) < 4.78 is 12.0. The Balaban J connectivity index is 2.05. The molecule has 0 radical (unpaired) electrons. The average molecular weight is 483 g/mol. The number of nitrogens with one attached hydrogen (secondary N) is 2. The van der Waals surface area contributed by atoms with Crippen LogP contribution in [0.4, 0.5) is 11.4 Å². The second kappa shape index (κ2) is 11.3. The lowest BCUT2D eigenvalue weighted by molar-refractivity contribution is -0.115. The van der Waals surface area contributed by atoms with Crippen LogP contribution in [0.1, 0.15) is 43.2 Å². The molecule has 0 unspecified atom stereocenters. The summed E-state index contributed by atoms with van der Waals surface area (Å²) in [5.74, 6) is -0.847. The van der Waals surface area contributed by atoms with Gasteiger partial charge in [-0.3, -0.25) is 4.79 Å². The summed E-state index contributed by atoms with van der Waals surface area (Å²) in [5, 5.41) is 17.0. The van der Waals surface area contributed by atoms with E-state index < -0.39 is 11.6 Å². The zero-order chi connectivity index (χ0) is 25.6. The maximum atomic E-state index is 13.0. The summed E-state index contributed by atoms with van der Waals surface area (Å²) in [6, 6.07) is 11.2. The Morgan fingerprint density at radius 3 is 2.54 bits per heavy atom. The number of rotatable bonds is 11. The number of anilines is 2. The molecule has 9 heteroatoms. The van der Waals surface area contributed by atoms with E-state index in [1.165, 1.54) is 7.11 Å². The van der Waals surface area contributed by atoms with Crippen LogP contribution in [0.5, 0.6) is 0 Å². The molecule has 3 N–H and O–H groups in total. The minimum absolute atomic E-state index is 0.0407. The number of amides is 1. The third-order valence-electron chi connectivity index (χ3n) is 5.49. The molecule has 3 aromatic rings. The molecule has 188 valence electrons. The number of pyridine rings is 1. The first-order valence-electron chi connectivity index (χ1n) is 11.5. The predicted octanol–water partition coefficient (Wildman–Crippen LogP) is 3.61. The molecular weight excluding hydrogens is 448 g/mol. The quantitative estimate of drug-likeness (QED) is 0.358. The van der Waals surface area contributed by atoms with Crippen molar-refractivity contribution < 1.29 is 24.2 Å². The van der Waals surface area contributed by atoms with Gasteiger partial charge in [0.05, 0.1) is 43.3 Å². The Morgan fingerprint density at radius 1 is 1.20 bits per heavy atom. The fraction of sp³-hybridized carbons (Fsp3) is 0.423. The smallest absolute Gasteiger partial charge is 0.356 e. The number of nitrogens with zero attached hydrogens (tertiary/aromatic N) is 2. The van der Waals surface area contributed by atoms with Crippen LogP contribution in [0, 0.1) is 0 Å². The third-order valence-corrected chi connectivity index (χ3v) is 5.49. The van der Waals surface area contributed by atoms with Crippen LogP contribution in [-0.4, -0.2) is 59.0 Å². The first kappa shape index (κ1) is 26.2. The van der Waals surface area contributed by atoms with Gasteiger partial charge in [0.25, 0.3) is 0 Å². The number of ether oxygens (including phenoxy) is 2. The average Bonchev–Trinajstić information content (AvgIpc) is 3.08. The molecule has 0 saturated carbocycles. The Morgan fingerprint density at radius 2 is 1.91 bits per heavy atom. The standard InChI is InChI=1S/C26H34N4O5/c1-17(15-26(2,3)33)28-19-14-20-22(29-21(31)13-18-9-7-6-8-10-18)23(25(32)35-5)30(11-12-34-4)24(20)27-16-19/h6-10,14,16-17,28,33H,11-13,15H2,1-5H3,(H,29,31)/t17-/m0/s1. The largest absolute Gasteiger partial charge is 0.464 e. The normalized spacial score (nSPS) is 12.4. The van der Waals surface area contributed by atoms with E-state index in [0.29, 0.717) is 42.0 Å². The number of aliphatic hydroxyl groups is 1. The highest BCUT2D eigenvalue weighted by Gasteiger charge is 2.26. The van der Waals surface area contributed by atoms with E-state index in [0.717, 1.165) is 5.56 Å². The SMILES string of the molecule is COCCn1c(C(=O)OC)c(NC(=O)Cc2ccccc2)c2cc(N[C@@H](C)CC(C)(C)O)cnc21. The minimum Gasteiger partial charge on any atom is -0.464 e. The summed E-state index contributed by atoms with van der Waals surface area (Å²) in [7, 11) is 2.88. The fourth-order valence-corrected chi connectivity index (χ4v) is 4.19. The number of carbonyl (C=O) groups excluding carboxylic acids is 2. The first-order valence-corrected chi connectivity index (χ1v) is 11.5. The van der Waals surface area contributed by atoms with Gasteiger partial charge in [-0.15, -0.1) is 0 Å². The van der Waals surface area contributed by atoms with E-state index in [2.05, 4.69) is 15.6 Å². The van der Waals surface area contributed by atoms with Crippen molar-refractivity contribution in [2.75, 3.05) is 31.5 Å². The Hall–Kier alpha value is -3.43. The van der Waals surface area contributed by atoms with Gasteiger partial charge >= 0.3 is 5.97 Å². The van der Waals surface area contributed by atoms with Crippen LogP contribution in [0.2, 0.25) is 0 Å². The lowest BCUT2D eigenvalue weighted by atomic mass is 10.0. The van der Waals surface area contributed by atoms with Gasteiger partial charge < -0.3 is 29.8 Å². The van der Waals surface area contributed by atoms with Gasteiger partial charge in [0.2, 0.25) is 5.91 Å². The van der Waals surface area contributed by atoms with Crippen molar-refractivity contribution in [3.63, 3.8) is 0 Å². The minimum atomic E-state index is -0.831. The zero-order valence-electron chi connectivity index (χ0n) is 20.9. The first-order chi connectivity index (χ1) is 16.6. The monoisotopic (exact) mass is 482 g/mol. The molecular formula is C26H34N4O5. The topological polar surface area (TPSA) is 115 Å². The van der Waals surface area contributed by atoms with E-state index >= 15 is 0 Å². The number of fused-ring (bicyclic) bond motifs is 1. The molecule has 1 atom stereocenters. The van der Waals surface area contributed by atoms with Crippen molar-refractivity contribution in [1.82, 2.24) is 9.55 Å². The molecule has 0 saturated heterocycles. The highest BCUT2D eigenvalue weighted by Crippen LogP contribution is 2.33. The van der Waals surface area contributed by atoms with Gasteiger partial charge in [0.1, 0.15) is 5.65 Å².